The van der Waals surface area contributed by atoms with Crippen molar-refractivity contribution in [2.24, 2.45) is 0 Å². The van der Waals surface area contributed by atoms with Crippen molar-refractivity contribution in [2.45, 2.75) is 45.4 Å². The van der Waals surface area contributed by atoms with E-state index in [1.165, 1.54) is 37.7 Å². The molecule has 1 N–H and O–H groups in total. The van der Waals surface area contributed by atoms with Crippen LogP contribution in [0.15, 0.2) is 91.0 Å². The van der Waals surface area contributed by atoms with Crippen molar-refractivity contribution >= 4 is 11.5 Å². The average molecular weight is 422 g/mol. The van der Waals surface area contributed by atoms with Crippen LogP contribution in [0.2, 0.25) is 0 Å². The molecule has 0 aliphatic carbocycles. The second-order valence-electron chi connectivity index (χ2n) is 8.21. The van der Waals surface area contributed by atoms with Crippen LogP contribution in [0, 0.1) is 0 Å². The fourth-order valence-corrected chi connectivity index (χ4v) is 3.94. The molecule has 0 aliphatic rings. The van der Waals surface area contributed by atoms with Crippen LogP contribution in [-0.4, -0.2) is 10.2 Å². The maximum atomic E-state index is 4.59. The summed E-state index contributed by atoms with van der Waals surface area (Å²) in [6.45, 7) is 2.26. The summed E-state index contributed by atoms with van der Waals surface area (Å²) in [5, 5.41) is 12.5. The number of hydrogen-bond donors (Lipinski definition) is 1. The number of anilines is 2. The lowest BCUT2D eigenvalue weighted by Gasteiger charge is -2.12. The molecule has 3 heteroatoms. The van der Waals surface area contributed by atoms with E-state index >= 15 is 0 Å². The van der Waals surface area contributed by atoms with Gasteiger partial charge in [-0.05, 0) is 42.2 Å². The Morgan fingerprint density at radius 2 is 1.31 bits per heavy atom. The molecule has 4 rings (SSSR count). The van der Waals surface area contributed by atoms with Gasteiger partial charge in [0.2, 0.25) is 0 Å². The number of unbranched alkanes of at least 4 members (excludes halogenated alkanes) is 4. The van der Waals surface area contributed by atoms with Gasteiger partial charge in [0.1, 0.15) is 5.69 Å². The molecule has 1 heterocycles. The minimum Gasteiger partial charge on any atom is -0.339 e. The van der Waals surface area contributed by atoms with Gasteiger partial charge in [-0.15, -0.1) is 10.2 Å². The van der Waals surface area contributed by atoms with Gasteiger partial charge >= 0.3 is 0 Å². The summed E-state index contributed by atoms with van der Waals surface area (Å²) in [5.74, 6) is 0.746. The molecule has 0 spiro atoms. The first-order valence-electron chi connectivity index (χ1n) is 11.7. The molecular weight excluding hydrogens is 390 g/mol. The van der Waals surface area contributed by atoms with Crippen molar-refractivity contribution in [2.75, 3.05) is 5.32 Å². The number of aromatic nitrogens is 2. The van der Waals surface area contributed by atoms with E-state index in [4.69, 9.17) is 0 Å². The number of benzene rings is 3. The zero-order valence-corrected chi connectivity index (χ0v) is 18.8. The van der Waals surface area contributed by atoms with Crippen molar-refractivity contribution in [3.8, 4) is 22.4 Å². The summed E-state index contributed by atoms with van der Waals surface area (Å²) in [6, 6.07) is 31.4. The average Bonchev–Trinajstić information content (AvgIpc) is 2.86. The standard InChI is InChI=1S/C29H31N3/c1-2-3-4-5-8-13-23-18-20-26(21-19-23)30-28-22-27(24-14-9-6-10-15-24)29(32-31-28)25-16-11-7-12-17-25/h6-7,9-12,14-22H,2-5,8,13H2,1H3,(H,30,31). The van der Waals surface area contributed by atoms with Gasteiger partial charge in [0.15, 0.2) is 5.82 Å². The molecule has 0 aliphatic heterocycles. The van der Waals surface area contributed by atoms with Crippen LogP contribution in [0.4, 0.5) is 11.5 Å². The number of hydrogen-bond acceptors (Lipinski definition) is 3. The Kier molecular flexibility index (Phi) is 7.64. The van der Waals surface area contributed by atoms with Crippen molar-refractivity contribution in [3.63, 3.8) is 0 Å². The van der Waals surface area contributed by atoms with E-state index in [1.807, 2.05) is 24.3 Å². The molecule has 0 radical (unpaired) electrons. The third-order valence-electron chi connectivity index (χ3n) is 5.72. The van der Waals surface area contributed by atoms with Crippen molar-refractivity contribution in [3.05, 3.63) is 96.6 Å². The van der Waals surface area contributed by atoms with Crippen molar-refractivity contribution in [1.82, 2.24) is 10.2 Å². The normalized spacial score (nSPS) is 10.8. The summed E-state index contributed by atoms with van der Waals surface area (Å²) in [7, 11) is 0. The molecule has 0 saturated carbocycles. The number of aryl methyl sites for hydroxylation is 1. The van der Waals surface area contributed by atoms with Crippen molar-refractivity contribution in [1.29, 1.82) is 0 Å². The van der Waals surface area contributed by atoms with Crippen LogP contribution in [-0.2, 0) is 6.42 Å². The largest absolute Gasteiger partial charge is 0.339 e. The van der Waals surface area contributed by atoms with Crippen LogP contribution < -0.4 is 5.32 Å². The predicted octanol–water partition coefficient (Wildman–Crippen LogP) is 8.07. The summed E-state index contributed by atoms with van der Waals surface area (Å²) < 4.78 is 0. The fourth-order valence-electron chi connectivity index (χ4n) is 3.94. The maximum absolute atomic E-state index is 4.59. The Labute approximate surface area is 191 Å². The van der Waals surface area contributed by atoms with Crippen LogP contribution in [0.1, 0.15) is 44.6 Å². The van der Waals surface area contributed by atoms with Gasteiger partial charge in [-0.2, -0.15) is 0 Å². The molecule has 3 nitrogen and oxygen atoms in total. The summed E-state index contributed by atoms with van der Waals surface area (Å²) in [5.41, 5.74) is 6.57. The first kappa shape index (κ1) is 21.8. The summed E-state index contributed by atoms with van der Waals surface area (Å²) >= 11 is 0. The smallest absolute Gasteiger partial charge is 0.153 e. The lowest BCUT2D eigenvalue weighted by atomic mass is 10.00. The van der Waals surface area contributed by atoms with Crippen LogP contribution in [0.3, 0.4) is 0 Å². The van der Waals surface area contributed by atoms with Gasteiger partial charge < -0.3 is 5.32 Å². The molecule has 0 saturated heterocycles. The lowest BCUT2D eigenvalue weighted by molar-refractivity contribution is 0.632. The Morgan fingerprint density at radius 1 is 0.656 bits per heavy atom. The highest BCUT2D eigenvalue weighted by molar-refractivity contribution is 5.82. The number of nitrogens with one attached hydrogen (secondary N) is 1. The molecule has 4 aromatic rings. The maximum Gasteiger partial charge on any atom is 0.153 e. The van der Waals surface area contributed by atoms with Gasteiger partial charge in [0, 0.05) is 16.8 Å². The predicted molar refractivity (Wildman–Crippen MR) is 135 cm³/mol. The van der Waals surface area contributed by atoms with E-state index in [-0.39, 0.29) is 0 Å². The third kappa shape index (κ3) is 5.82. The lowest BCUT2D eigenvalue weighted by Crippen LogP contribution is -1.99. The molecule has 0 unspecified atom stereocenters. The van der Waals surface area contributed by atoms with Gasteiger partial charge in [0.25, 0.3) is 0 Å². The van der Waals surface area contributed by atoms with Crippen LogP contribution in [0.5, 0.6) is 0 Å². The van der Waals surface area contributed by atoms with Gasteiger partial charge in [-0.25, -0.2) is 0 Å². The molecule has 162 valence electrons. The third-order valence-corrected chi connectivity index (χ3v) is 5.72. The van der Waals surface area contributed by atoms with E-state index in [1.54, 1.807) is 0 Å². The number of rotatable bonds is 10. The van der Waals surface area contributed by atoms with Gasteiger partial charge in [-0.3, -0.25) is 0 Å². The zero-order valence-electron chi connectivity index (χ0n) is 18.8. The first-order chi connectivity index (χ1) is 15.8. The fraction of sp³-hybridized carbons (Fsp3) is 0.241. The highest BCUT2D eigenvalue weighted by Crippen LogP contribution is 2.32. The highest BCUT2D eigenvalue weighted by Gasteiger charge is 2.11. The van der Waals surface area contributed by atoms with E-state index in [9.17, 15) is 0 Å². The second kappa shape index (κ2) is 11.2. The Hall–Kier alpha value is -3.46. The minimum atomic E-state index is 0.746. The molecule has 0 amide bonds. The van der Waals surface area contributed by atoms with E-state index in [2.05, 4.69) is 89.2 Å². The highest BCUT2D eigenvalue weighted by atomic mass is 15.2. The molecular formula is C29H31N3. The van der Waals surface area contributed by atoms with Crippen LogP contribution in [0.25, 0.3) is 22.4 Å². The van der Waals surface area contributed by atoms with Crippen LogP contribution >= 0.6 is 0 Å². The van der Waals surface area contributed by atoms with Crippen molar-refractivity contribution < 1.29 is 0 Å². The Bertz CT molecular complexity index is 1090. The topological polar surface area (TPSA) is 37.8 Å². The Balaban J connectivity index is 1.51. The molecule has 0 fully saturated rings. The summed E-state index contributed by atoms with van der Waals surface area (Å²) in [6.07, 6.45) is 7.71. The summed E-state index contributed by atoms with van der Waals surface area (Å²) in [4.78, 5) is 0. The molecule has 0 atom stereocenters. The SMILES string of the molecule is CCCCCCCc1ccc(Nc2cc(-c3ccccc3)c(-c3ccccc3)nn2)cc1. The molecule has 3 aromatic carbocycles. The molecule has 1 aromatic heterocycles. The number of nitrogens with zero attached hydrogens (tertiary/aromatic N) is 2. The molecule has 32 heavy (non-hydrogen) atoms. The van der Waals surface area contributed by atoms with Gasteiger partial charge in [0.05, 0.1) is 0 Å². The second-order valence-corrected chi connectivity index (χ2v) is 8.21. The zero-order chi connectivity index (χ0) is 22.0. The monoisotopic (exact) mass is 421 g/mol. The minimum absolute atomic E-state index is 0.746. The van der Waals surface area contributed by atoms with E-state index < -0.39 is 0 Å². The van der Waals surface area contributed by atoms with Gasteiger partial charge in [-0.1, -0.05) is 105 Å². The molecule has 0 bridgehead atoms. The van der Waals surface area contributed by atoms with E-state index in [0.29, 0.717) is 0 Å². The first-order valence-corrected chi connectivity index (χ1v) is 11.7. The quantitative estimate of drug-likeness (QED) is 0.263. The Morgan fingerprint density at radius 3 is 2.00 bits per heavy atom. The van der Waals surface area contributed by atoms with E-state index in [0.717, 1.165) is 40.3 Å².